The Balaban J connectivity index is 2.40. The number of benzene rings is 1. The molecule has 3 N–H and O–H groups in total. The molecule has 0 saturated heterocycles. The van der Waals surface area contributed by atoms with E-state index in [0.717, 1.165) is 31.7 Å². The van der Waals surface area contributed by atoms with Crippen molar-refractivity contribution in [3.8, 4) is 11.5 Å². The van der Waals surface area contributed by atoms with E-state index < -0.39 is 5.97 Å². The number of hydrogen-bond donors (Lipinski definition) is 3. The Labute approximate surface area is 148 Å². The monoisotopic (exact) mass is 343 g/mol. The first kappa shape index (κ1) is 18.8. The van der Waals surface area contributed by atoms with Crippen molar-refractivity contribution in [1.29, 1.82) is 5.41 Å². The van der Waals surface area contributed by atoms with Gasteiger partial charge in [0.15, 0.2) is 0 Å². The zero-order valence-corrected chi connectivity index (χ0v) is 14.5. The molecule has 1 aliphatic rings. The Kier molecular flexibility index (Phi) is 6.81. The molecule has 2 rings (SSSR count). The molecule has 0 aliphatic carbocycles. The van der Waals surface area contributed by atoms with Gasteiger partial charge in [0, 0.05) is 24.6 Å². The van der Waals surface area contributed by atoms with Crippen LogP contribution in [0.25, 0.3) is 0 Å². The highest BCUT2D eigenvalue weighted by atomic mass is 16.5. The number of phenolic OH excluding ortho intramolecular Hbond substituents is 2. The van der Waals surface area contributed by atoms with Gasteiger partial charge in [0.05, 0.1) is 0 Å². The van der Waals surface area contributed by atoms with Gasteiger partial charge in [-0.15, -0.1) is 0 Å². The van der Waals surface area contributed by atoms with Crippen molar-refractivity contribution in [2.75, 3.05) is 0 Å². The van der Waals surface area contributed by atoms with E-state index in [1.54, 1.807) is 6.08 Å². The quantitative estimate of drug-likeness (QED) is 0.552. The Hall–Kier alpha value is -2.56. The Morgan fingerprint density at radius 2 is 1.96 bits per heavy atom. The molecule has 0 bridgehead atoms. The number of carbonyl (C=O) groups is 1. The predicted octanol–water partition coefficient (Wildman–Crippen LogP) is 4.28. The number of nitrogens with one attached hydrogen (secondary N) is 1. The fraction of sp³-hybridized carbons (Fsp3) is 0.400. The second-order valence-electron chi connectivity index (χ2n) is 6.20. The number of aromatic hydroxyl groups is 2. The van der Waals surface area contributed by atoms with Crippen LogP contribution in [0.3, 0.4) is 0 Å². The average molecular weight is 343 g/mol. The first-order valence-corrected chi connectivity index (χ1v) is 8.66. The third-order valence-electron chi connectivity index (χ3n) is 4.04. The number of cyclic esters (lactones) is 1. The summed E-state index contributed by atoms with van der Waals surface area (Å²) in [6, 6.07) is 2.52. The maximum atomic E-state index is 12.6. The summed E-state index contributed by atoms with van der Waals surface area (Å²) >= 11 is 0. The molecule has 1 aliphatic heterocycles. The number of rotatable bonds is 2. The maximum Gasteiger partial charge on any atom is 0.342 e. The van der Waals surface area contributed by atoms with Gasteiger partial charge in [-0.1, -0.05) is 31.6 Å². The lowest BCUT2D eigenvalue weighted by Crippen LogP contribution is -2.19. The first-order valence-electron chi connectivity index (χ1n) is 8.66. The number of allylic oxidation sites excluding steroid dienone is 3. The van der Waals surface area contributed by atoms with Crippen LogP contribution < -0.4 is 0 Å². The molecule has 1 heterocycles. The number of esters is 1. The number of carbonyl (C=O) groups excluding carboxylic acids is 1. The van der Waals surface area contributed by atoms with Crippen LogP contribution in [-0.4, -0.2) is 28.0 Å². The van der Waals surface area contributed by atoms with Crippen LogP contribution in [0, 0.1) is 5.41 Å². The van der Waals surface area contributed by atoms with Gasteiger partial charge in [-0.05, 0) is 37.0 Å². The van der Waals surface area contributed by atoms with E-state index >= 15 is 0 Å². The fourth-order valence-electron chi connectivity index (χ4n) is 2.85. The van der Waals surface area contributed by atoms with Crippen LogP contribution in [0.1, 0.15) is 54.9 Å². The van der Waals surface area contributed by atoms with Gasteiger partial charge in [-0.3, -0.25) is 0 Å². The molecular formula is C20H25NO4. The van der Waals surface area contributed by atoms with Gasteiger partial charge in [0.25, 0.3) is 0 Å². The van der Waals surface area contributed by atoms with Crippen LogP contribution >= 0.6 is 0 Å². The molecular weight excluding hydrogens is 318 g/mol. The van der Waals surface area contributed by atoms with Crippen molar-refractivity contribution in [2.24, 2.45) is 0 Å². The van der Waals surface area contributed by atoms with Gasteiger partial charge in [0.1, 0.15) is 23.2 Å². The van der Waals surface area contributed by atoms with Crippen LogP contribution in [0.4, 0.5) is 0 Å². The Bertz CT molecular complexity index is 691. The topological polar surface area (TPSA) is 90.6 Å². The highest BCUT2D eigenvalue weighted by Gasteiger charge is 2.22. The van der Waals surface area contributed by atoms with Crippen LogP contribution in [0.15, 0.2) is 36.4 Å². The summed E-state index contributed by atoms with van der Waals surface area (Å²) in [6.07, 6.45) is 11.5. The minimum Gasteiger partial charge on any atom is -0.508 e. The highest BCUT2D eigenvalue weighted by molar-refractivity contribution is 5.99. The molecule has 5 heteroatoms. The van der Waals surface area contributed by atoms with Crippen molar-refractivity contribution in [3.63, 3.8) is 0 Å². The minimum atomic E-state index is -0.617. The van der Waals surface area contributed by atoms with E-state index in [1.807, 2.05) is 19.1 Å². The third-order valence-corrected chi connectivity index (χ3v) is 4.04. The van der Waals surface area contributed by atoms with E-state index in [9.17, 15) is 15.0 Å². The van der Waals surface area contributed by atoms with E-state index in [-0.39, 0.29) is 29.6 Å². The van der Waals surface area contributed by atoms with Gasteiger partial charge >= 0.3 is 5.97 Å². The molecule has 0 amide bonds. The fourth-order valence-corrected chi connectivity index (χ4v) is 2.85. The lowest BCUT2D eigenvalue weighted by Gasteiger charge is -2.18. The second-order valence-corrected chi connectivity index (χ2v) is 6.20. The number of phenols is 2. The predicted molar refractivity (Wildman–Crippen MR) is 97.4 cm³/mol. The van der Waals surface area contributed by atoms with Gasteiger partial charge in [-0.2, -0.15) is 0 Å². The van der Waals surface area contributed by atoms with Crippen molar-refractivity contribution in [3.05, 3.63) is 47.6 Å². The SMILES string of the molecule is CCCC1C/C=C/CC/C=C/C(=N)Cc2cc(O)cc(O)c2C(=O)O1. The zero-order chi connectivity index (χ0) is 18.2. The number of hydrogen-bond acceptors (Lipinski definition) is 5. The van der Waals surface area contributed by atoms with Gasteiger partial charge in [0.2, 0.25) is 0 Å². The molecule has 0 radical (unpaired) electrons. The summed E-state index contributed by atoms with van der Waals surface area (Å²) in [5, 5.41) is 27.9. The molecule has 134 valence electrons. The zero-order valence-electron chi connectivity index (χ0n) is 14.5. The van der Waals surface area contributed by atoms with E-state index in [0.29, 0.717) is 17.7 Å². The van der Waals surface area contributed by atoms with Gasteiger partial charge in [-0.25, -0.2) is 4.79 Å². The van der Waals surface area contributed by atoms with E-state index in [2.05, 4.69) is 6.08 Å². The van der Waals surface area contributed by atoms with Crippen molar-refractivity contribution >= 4 is 11.7 Å². The Morgan fingerprint density at radius 1 is 1.20 bits per heavy atom. The van der Waals surface area contributed by atoms with Crippen molar-refractivity contribution in [1.82, 2.24) is 0 Å². The normalized spacial score (nSPS) is 21.7. The first-order chi connectivity index (χ1) is 12.0. The van der Waals surface area contributed by atoms with E-state index in [4.69, 9.17) is 10.1 Å². The summed E-state index contributed by atoms with van der Waals surface area (Å²) < 4.78 is 5.60. The Morgan fingerprint density at radius 3 is 2.72 bits per heavy atom. The molecule has 0 saturated carbocycles. The standard InChI is InChI=1S/C20H25NO4/c1-2-8-17-10-7-5-3-4-6-9-15(21)11-14-12-16(22)13-18(23)19(14)20(24)25-17/h5-7,9,12-13,17,21-23H,2-4,8,10-11H2,1H3/b7-5+,9-6+,21-15?. The maximum absolute atomic E-state index is 12.6. The second kappa shape index (κ2) is 9.06. The molecule has 0 spiro atoms. The van der Waals surface area contributed by atoms with E-state index in [1.165, 1.54) is 6.07 Å². The molecule has 5 nitrogen and oxygen atoms in total. The molecule has 1 aromatic rings. The molecule has 1 atom stereocenters. The van der Waals surface area contributed by atoms with Crippen molar-refractivity contribution < 1.29 is 19.7 Å². The molecule has 25 heavy (non-hydrogen) atoms. The highest BCUT2D eigenvalue weighted by Crippen LogP contribution is 2.29. The molecule has 1 aromatic carbocycles. The minimum absolute atomic E-state index is 0.0260. The van der Waals surface area contributed by atoms with Gasteiger partial charge < -0.3 is 20.4 Å². The summed E-state index contributed by atoms with van der Waals surface area (Å²) in [4.78, 5) is 12.6. The van der Waals surface area contributed by atoms with Crippen LogP contribution in [0.5, 0.6) is 11.5 Å². The molecule has 0 fully saturated rings. The lowest BCUT2D eigenvalue weighted by molar-refractivity contribution is 0.0283. The smallest absolute Gasteiger partial charge is 0.342 e. The molecule has 1 unspecified atom stereocenters. The average Bonchev–Trinajstić information content (AvgIpc) is 2.52. The summed E-state index contributed by atoms with van der Waals surface area (Å²) in [7, 11) is 0. The van der Waals surface area contributed by atoms with Crippen LogP contribution in [0.2, 0.25) is 0 Å². The summed E-state index contributed by atoms with van der Waals surface area (Å²) in [5.74, 6) is -1.09. The summed E-state index contributed by atoms with van der Waals surface area (Å²) in [6.45, 7) is 2.03. The van der Waals surface area contributed by atoms with Crippen LogP contribution in [-0.2, 0) is 11.2 Å². The third kappa shape index (κ3) is 5.48. The number of fused-ring (bicyclic) bond motifs is 1. The summed E-state index contributed by atoms with van der Waals surface area (Å²) in [5.41, 5.74) is 0.711. The van der Waals surface area contributed by atoms with Crippen molar-refractivity contribution in [2.45, 2.75) is 51.6 Å². The molecule has 0 aromatic heterocycles. The lowest BCUT2D eigenvalue weighted by atomic mass is 9.99. The number of ether oxygens (including phenoxy) is 1. The largest absolute Gasteiger partial charge is 0.508 e.